The van der Waals surface area contributed by atoms with Crippen molar-refractivity contribution in [3.8, 4) is 0 Å². The van der Waals surface area contributed by atoms with Crippen LogP contribution in [0.25, 0.3) is 6.08 Å². The summed E-state index contributed by atoms with van der Waals surface area (Å²) in [5.74, 6) is 1.58. The Morgan fingerprint density at radius 1 is 1.04 bits per heavy atom. The van der Waals surface area contributed by atoms with E-state index >= 15 is 0 Å². The Labute approximate surface area is 171 Å². The van der Waals surface area contributed by atoms with E-state index in [2.05, 4.69) is 9.80 Å². The highest BCUT2D eigenvalue weighted by atomic mass is 35.5. The van der Waals surface area contributed by atoms with Gasteiger partial charge in [0.25, 0.3) is 0 Å². The quantitative estimate of drug-likeness (QED) is 0.623. The predicted molar refractivity (Wildman–Crippen MR) is 110 cm³/mol. The first-order valence-corrected chi connectivity index (χ1v) is 11.1. The van der Waals surface area contributed by atoms with E-state index < -0.39 is 0 Å². The molecular weight excluding hydrogens is 379 g/mol. The lowest BCUT2D eigenvalue weighted by Gasteiger charge is -2.58. The topological polar surface area (TPSA) is 23.6 Å². The fourth-order valence-corrected chi connectivity index (χ4v) is 6.44. The summed E-state index contributed by atoms with van der Waals surface area (Å²) < 4.78 is 0. The fraction of sp³-hybridized carbons (Fsp3) is 0.591. The Morgan fingerprint density at radius 2 is 1.85 bits per heavy atom. The Hall–Kier alpha value is -1.03. The highest BCUT2D eigenvalue weighted by Gasteiger charge is 2.51. The van der Waals surface area contributed by atoms with Crippen molar-refractivity contribution < 1.29 is 4.79 Å². The van der Waals surface area contributed by atoms with E-state index in [1.165, 1.54) is 38.8 Å². The van der Waals surface area contributed by atoms with E-state index in [4.69, 9.17) is 23.2 Å². The summed E-state index contributed by atoms with van der Waals surface area (Å²) in [6.07, 6.45) is 9.12. The molecule has 1 aromatic rings. The molecule has 0 radical (unpaired) electrons. The molecule has 1 amide bonds. The number of halogens is 2. The normalized spacial score (nSPS) is 35.1. The van der Waals surface area contributed by atoms with Gasteiger partial charge in [0, 0.05) is 24.2 Å². The van der Waals surface area contributed by atoms with E-state index in [0.29, 0.717) is 27.9 Å². The van der Waals surface area contributed by atoms with Crippen LogP contribution < -0.4 is 0 Å². The smallest absolute Gasteiger partial charge is 0.250 e. The highest BCUT2D eigenvalue weighted by Crippen LogP contribution is 2.45. The third kappa shape index (κ3) is 3.12. The summed E-state index contributed by atoms with van der Waals surface area (Å²) in [4.78, 5) is 18.3. The number of carbonyl (C=O) groups is 1. The van der Waals surface area contributed by atoms with Crippen molar-refractivity contribution in [3.63, 3.8) is 0 Å². The van der Waals surface area contributed by atoms with Gasteiger partial charge in [0.2, 0.25) is 5.91 Å². The number of rotatable bonds is 1. The van der Waals surface area contributed by atoms with Crippen LogP contribution in [0, 0.1) is 11.8 Å². The lowest BCUT2D eigenvalue weighted by Crippen LogP contribution is -2.66. The standard InChI is InChI=1S/C22H26Cl2N2O/c23-18-7-5-14(12-19(18)24)11-15-6-8-20-17-4-2-10-25-9-1-3-16(21(17)25)13-26(20)22(15)27/h5,7,11-12,16-17,20-21H,1-4,6,8-10,13H2/b15-11+/t16-,17+,20+,21-/m0/s1. The molecule has 5 heteroatoms. The van der Waals surface area contributed by atoms with Crippen molar-refractivity contribution in [2.24, 2.45) is 11.8 Å². The summed E-state index contributed by atoms with van der Waals surface area (Å²) in [6, 6.07) is 6.75. The van der Waals surface area contributed by atoms with Crippen LogP contribution in [0.3, 0.4) is 0 Å². The molecule has 4 fully saturated rings. The summed E-state index contributed by atoms with van der Waals surface area (Å²) in [5.41, 5.74) is 1.88. The zero-order valence-corrected chi connectivity index (χ0v) is 17.1. The molecule has 0 unspecified atom stereocenters. The van der Waals surface area contributed by atoms with Crippen molar-refractivity contribution in [2.75, 3.05) is 19.6 Å². The average Bonchev–Trinajstić information content (AvgIpc) is 2.68. The molecule has 0 saturated carbocycles. The van der Waals surface area contributed by atoms with Crippen LogP contribution in [0.1, 0.15) is 44.1 Å². The zero-order chi connectivity index (χ0) is 18.5. The molecule has 4 heterocycles. The molecule has 0 aliphatic carbocycles. The number of carbonyl (C=O) groups excluding carboxylic acids is 1. The van der Waals surface area contributed by atoms with Gasteiger partial charge in [-0.15, -0.1) is 0 Å². The van der Waals surface area contributed by atoms with E-state index in [1.807, 2.05) is 18.2 Å². The second kappa shape index (κ2) is 7.09. The predicted octanol–water partition coefficient (Wildman–Crippen LogP) is 4.87. The van der Waals surface area contributed by atoms with Crippen LogP contribution in [-0.2, 0) is 4.79 Å². The number of fused-ring (bicyclic) bond motifs is 2. The molecule has 0 aromatic heterocycles. The molecule has 144 valence electrons. The lowest BCUT2D eigenvalue weighted by atomic mass is 9.67. The molecule has 5 rings (SSSR count). The molecule has 0 bridgehead atoms. The molecule has 0 N–H and O–H groups in total. The highest BCUT2D eigenvalue weighted by molar-refractivity contribution is 6.42. The van der Waals surface area contributed by atoms with Crippen molar-refractivity contribution >= 4 is 35.2 Å². The zero-order valence-electron chi connectivity index (χ0n) is 15.5. The molecule has 4 atom stereocenters. The number of hydrogen-bond acceptors (Lipinski definition) is 2. The molecule has 1 aromatic carbocycles. The number of nitrogens with zero attached hydrogens (tertiary/aromatic N) is 2. The molecule has 4 aliphatic rings. The van der Waals surface area contributed by atoms with Crippen LogP contribution in [0.5, 0.6) is 0 Å². The number of amides is 1. The van der Waals surface area contributed by atoms with Gasteiger partial charge in [-0.2, -0.15) is 0 Å². The summed E-state index contributed by atoms with van der Waals surface area (Å²) in [5, 5.41) is 1.09. The third-order valence-electron chi connectivity index (χ3n) is 7.20. The average molecular weight is 405 g/mol. The second-order valence-corrected chi connectivity index (χ2v) is 9.46. The van der Waals surface area contributed by atoms with E-state index in [9.17, 15) is 4.79 Å². The van der Waals surface area contributed by atoms with Crippen LogP contribution in [-0.4, -0.2) is 47.4 Å². The largest absolute Gasteiger partial charge is 0.335 e. The molecule has 4 aliphatic heterocycles. The van der Waals surface area contributed by atoms with Crippen LogP contribution in [0.2, 0.25) is 10.0 Å². The minimum atomic E-state index is 0.249. The molecule has 3 nitrogen and oxygen atoms in total. The maximum atomic E-state index is 13.3. The molecule has 0 spiro atoms. The van der Waals surface area contributed by atoms with Crippen LogP contribution >= 0.6 is 23.2 Å². The van der Waals surface area contributed by atoms with Crippen molar-refractivity contribution in [1.29, 1.82) is 0 Å². The third-order valence-corrected chi connectivity index (χ3v) is 7.94. The Bertz CT molecular complexity index is 791. The molecule has 27 heavy (non-hydrogen) atoms. The van der Waals surface area contributed by atoms with Gasteiger partial charge in [-0.25, -0.2) is 0 Å². The summed E-state index contributed by atoms with van der Waals surface area (Å²) in [7, 11) is 0. The van der Waals surface area contributed by atoms with Gasteiger partial charge < -0.3 is 4.90 Å². The van der Waals surface area contributed by atoms with Crippen molar-refractivity contribution in [1.82, 2.24) is 9.80 Å². The van der Waals surface area contributed by atoms with E-state index in [1.54, 1.807) is 6.07 Å². The first-order valence-electron chi connectivity index (χ1n) is 10.3. The maximum absolute atomic E-state index is 13.3. The fourth-order valence-electron chi connectivity index (χ4n) is 6.13. The van der Waals surface area contributed by atoms with Gasteiger partial charge in [0.05, 0.1) is 10.0 Å². The monoisotopic (exact) mass is 404 g/mol. The lowest BCUT2D eigenvalue weighted by molar-refractivity contribution is -0.145. The van der Waals surface area contributed by atoms with E-state index in [-0.39, 0.29) is 5.91 Å². The summed E-state index contributed by atoms with van der Waals surface area (Å²) in [6.45, 7) is 3.47. The first kappa shape index (κ1) is 18.0. The molecule has 4 saturated heterocycles. The van der Waals surface area contributed by atoms with Gasteiger partial charge in [-0.3, -0.25) is 9.69 Å². The van der Waals surface area contributed by atoms with Gasteiger partial charge in [-0.1, -0.05) is 29.3 Å². The van der Waals surface area contributed by atoms with Gasteiger partial charge in [-0.05, 0) is 87.2 Å². The van der Waals surface area contributed by atoms with Crippen LogP contribution in [0.15, 0.2) is 23.8 Å². The SMILES string of the molecule is O=C1/C(=C/c2ccc(Cl)c(Cl)c2)CC[C@@H]2[C@H]3CCCN4CCC[C@@H](CN12)[C@@H]34. The number of hydrogen-bond donors (Lipinski definition) is 0. The minimum Gasteiger partial charge on any atom is -0.335 e. The van der Waals surface area contributed by atoms with E-state index in [0.717, 1.165) is 36.6 Å². The van der Waals surface area contributed by atoms with Gasteiger partial charge >= 0.3 is 0 Å². The molecular formula is C22H26Cl2N2O. The van der Waals surface area contributed by atoms with Crippen LogP contribution in [0.4, 0.5) is 0 Å². The Balaban J connectivity index is 1.42. The van der Waals surface area contributed by atoms with Crippen molar-refractivity contribution in [2.45, 2.75) is 50.6 Å². The van der Waals surface area contributed by atoms with Gasteiger partial charge in [0.15, 0.2) is 0 Å². The Morgan fingerprint density at radius 3 is 2.67 bits per heavy atom. The summed E-state index contributed by atoms with van der Waals surface area (Å²) >= 11 is 12.2. The second-order valence-electron chi connectivity index (χ2n) is 8.64. The maximum Gasteiger partial charge on any atom is 0.250 e. The first-order chi connectivity index (χ1) is 13.1. The van der Waals surface area contributed by atoms with Gasteiger partial charge in [0.1, 0.15) is 0 Å². The Kier molecular flexibility index (Phi) is 4.74. The number of piperidine rings is 4. The minimum absolute atomic E-state index is 0.249. The van der Waals surface area contributed by atoms with Crippen molar-refractivity contribution in [3.05, 3.63) is 39.4 Å². The number of benzene rings is 1.